The minimum atomic E-state index is -0.271. The number of likely N-dealkylation sites (N-methyl/N-ethyl adjacent to an activating group) is 1. The molecule has 0 unspecified atom stereocenters. The summed E-state index contributed by atoms with van der Waals surface area (Å²) >= 11 is 0. The number of carbonyl (C=O) groups excluding carboxylic acids is 2. The van der Waals surface area contributed by atoms with Crippen LogP contribution in [0.5, 0.6) is 0 Å². The Morgan fingerprint density at radius 1 is 0.781 bits per heavy atom. The first-order valence-corrected chi connectivity index (χ1v) is 11.0. The number of benzene rings is 3. The molecule has 4 heteroatoms. The fourth-order valence-corrected chi connectivity index (χ4v) is 4.22. The third-order valence-electron chi connectivity index (χ3n) is 5.91. The first-order valence-electron chi connectivity index (χ1n) is 11.0. The maximum absolute atomic E-state index is 13.8. The van der Waals surface area contributed by atoms with Gasteiger partial charge in [0.2, 0.25) is 0 Å². The molecule has 0 fully saturated rings. The van der Waals surface area contributed by atoms with Gasteiger partial charge < -0.3 is 4.90 Å². The van der Waals surface area contributed by atoms with E-state index in [9.17, 15) is 9.59 Å². The highest BCUT2D eigenvalue weighted by Crippen LogP contribution is 2.36. The molecule has 1 heterocycles. The number of carbonyl (C=O) groups is 2. The van der Waals surface area contributed by atoms with Gasteiger partial charge in [-0.1, -0.05) is 77.9 Å². The van der Waals surface area contributed by atoms with Crippen LogP contribution in [0.3, 0.4) is 0 Å². The second-order valence-electron chi connectivity index (χ2n) is 8.33. The molecule has 4 nitrogen and oxygen atoms in total. The topological polar surface area (TPSA) is 40.6 Å². The Hall–Kier alpha value is -3.66. The van der Waals surface area contributed by atoms with E-state index >= 15 is 0 Å². The van der Waals surface area contributed by atoms with E-state index in [-0.39, 0.29) is 11.8 Å². The SMILES string of the molecule is CCN(Cc1ccccc1)C1=C(c2ccc(C)cc2)C(=O)N(c2ccc(C)cc2C)C1=O. The van der Waals surface area contributed by atoms with Crippen LogP contribution in [0.15, 0.2) is 78.5 Å². The molecule has 1 aliphatic heterocycles. The van der Waals surface area contributed by atoms with Gasteiger partial charge in [-0.15, -0.1) is 0 Å². The number of nitrogens with zero attached hydrogens (tertiary/aromatic N) is 2. The zero-order valence-corrected chi connectivity index (χ0v) is 19.1. The van der Waals surface area contributed by atoms with Crippen LogP contribution < -0.4 is 4.90 Å². The third kappa shape index (κ3) is 3.96. The Morgan fingerprint density at radius 3 is 2.06 bits per heavy atom. The van der Waals surface area contributed by atoms with Crippen LogP contribution in [0.25, 0.3) is 5.57 Å². The predicted molar refractivity (Wildman–Crippen MR) is 129 cm³/mol. The van der Waals surface area contributed by atoms with Crippen LogP contribution >= 0.6 is 0 Å². The summed E-state index contributed by atoms with van der Waals surface area (Å²) in [6.45, 7) is 9.14. The van der Waals surface area contributed by atoms with Crippen molar-refractivity contribution in [1.82, 2.24) is 4.90 Å². The molecule has 0 atom stereocenters. The number of hydrogen-bond donors (Lipinski definition) is 0. The summed E-state index contributed by atoms with van der Waals surface area (Å²) in [7, 11) is 0. The van der Waals surface area contributed by atoms with Crippen LogP contribution in [0, 0.1) is 20.8 Å². The van der Waals surface area contributed by atoms with Gasteiger partial charge in [-0.25, -0.2) is 4.90 Å². The minimum absolute atomic E-state index is 0.268. The molecular weight excluding hydrogens is 396 g/mol. The first kappa shape index (κ1) is 21.6. The summed E-state index contributed by atoms with van der Waals surface area (Å²) in [5.41, 5.74) is 6.53. The summed E-state index contributed by atoms with van der Waals surface area (Å²) in [5.74, 6) is -0.539. The molecule has 1 aliphatic rings. The lowest BCUT2D eigenvalue weighted by molar-refractivity contribution is -0.120. The van der Waals surface area contributed by atoms with E-state index < -0.39 is 0 Å². The van der Waals surface area contributed by atoms with Gasteiger partial charge in [-0.3, -0.25) is 9.59 Å². The molecule has 0 aliphatic carbocycles. The zero-order valence-electron chi connectivity index (χ0n) is 19.1. The van der Waals surface area contributed by atoms with E-state index in [1.165, 1.54) is 4.90 Å². The highest BCUT2D eigenvalue weighted by atomic mass is 16.2. The molecule has 2 amide bonds. The fourth-order valence-electron chi connectivity index (χ4n) is 4.22. The number of imide groups is 1. The Morgan fingerprint density at radius 2 is 1.44 bits per heavy atom. The second-order valence-corrected chi connectivity index (χ2v) is 8.33. The summed E-state index contributed by atoms with van der Waals surface area (Å²) in [5, 5.41) is 0. The maximum atomic E-state index is 13.8. The van der Waals surface area contributed by atoms with Crippen LogP contribution in [0.1, 0.15) is 34.7 Å². The molecular formula is C28H28N2O2. The van der Waals surface area contributed by atoms with E-state index in [4.69, 9.17) is 0 Å². The average molecular weight is 425 g/mol. The van der Waals surface area contributed by atoms with E-state index in [0.29, 0.717) is 30.0 Å². The number of rotatable bonds is 6. The molecule has 3 aromatic rings. The monoisotopic (exact) mass is 424 g/mol. The molecule has 162 valence electrons. The lowest BCUT2D eigenvalue weighted by Crippen LogP contribution is -2.35. The molecule has 3 aromatic carbocycles. The van der Waals surface area contributed by atoms with Crippen LogP contribution in [-0.2, 0) is 16.1 Å². The van der Waals surface area contributed by atoms with Gasteiger partial charge in [0.15, 0.2) is 0 Å². The summed E-state index contributed by atoms with van der Waals surface area (Å²) < 4.78 is 0. The summed E-state index contributed by atoms with van der Waals surface area (Å²) in [4.78, 5) is 30.9. The first-order chi connectivity index (χ1) is 15.4. The molecule has 0 saturated carbocycles. The molecule has 4 rings (SSSR count). The van der Waals surface area contributed by atoms with Crippen molar-refractivity contribution < 1.29 is 9.59 Å². The zero-order chi connectivity index (χ0) is 22.8. The summed E-state index contributed by atoms with van der Waals surface area (Å²) in [6, 6.07) is 23.6. The minimum Gasteiger partial charge on any atom is -0.362 e. The van der Waals surface area contributed by atoms with Crippen LogP contribution in [0.2, 0.25) is 0 Å². The molecule has 32 heavy (non-hydrogen) atoms. The smallest absolute Gasteiger partial charge is 0.282 e. The molecule has 0 bridgehead atoms. The van der Waals surface area contributed by atoms with Crippen molar-refractivity contribution in [2.75, 3.05) is 11.4 Å². The highest BCUT2D eigenvalue weighted by molar-refractivity contribution is 6.45. The van der Waals surface area contributed by atoms with Gasteiger partial charge in [-0.05, 0) is 50.5 Å². The van der Waals surface area contributed by atoms with Crippen molar-refractivity contribution in [3.05, 3.63) is 106 Å². The van der Waals surface area contributed by atoms with E-state index in [1.807, 2.05) is 105 Å². The number of anilines is 1. The van der Waals surface area contributed by atoms with Gasteiger partial charge in [0.05, 0.1) is 11.3 Å². The van der Waals surface area contributed by atoms with Crippen molar-refractivity contribution in [3.63, 3.8) is 0 Å². The van der Waals surface area contributed by atoms with Crippen molar-refractivity contribution in [2.45, 2.75) is 34.2 Å². The molecule has 0 aromatic heterocycles. The molecule has 0 saturated heterocycles. The highest BCUT2D eigenvalue weighted by Gasteiger charge is 2.42. The number of amides is 2. The van der Waals surface area contributed by atoms with Crippen molar-refractivity contribution in [3.8, 4) is 0 Å². The molecule has 0 N–H and O–H groups in total. The second kappa shape index (κ2) is 8.83. The third-order valence-corrected chi connectivity index (χ3v) is 5.91. The van der Waals surface area contributed by atoms with Gasteiger partial charge in [0.25, 0.3) is 11.8 Å². The van der Waals surface area contributed by atoms with E-state index in [0.717, 1.165) is 27.8 Å². The largest absolute Gasteiger partial charge is 0.362 e. The van der Waals surface area contributed by atoms with Gasteiger partial charge in [-0.2, -0.15) is 0 Å². The maximum Gasteiger partial charge on any atom is 0.282 e. The van der Waals surface area contributed by atoms with Gasteiger partial charge in [0, 0.05) is 13.1 Å². The lowest BCUT2D eigenvalue weighted by atomic mass is 10.0. The van der Waals surface area contributed by atoms with Crippen molar-refractivity contribution in [1.29, 1.82) is 0 Å². The Bertz CT molecular complexity index is 1190. The van der Waals surface area contributed by atoms with Crippen LogP contribution in [-0.4, -0.2) is 23.3 Å². The quantitative estimate of drug-likeness (QED) is 0.496. The predicted octanol–water partition coefficient (Wildman–Crippen LogP) is 5.42. The standard InChI is InChI=1S/C28H28N2O2/c1-5-29(18-22-9-7-6-8-10-22)26-25(23-14-11-19(2)12-15-23)27(31)30(28(26)32)24-16-13-20(3)17-21(24)4/h6-17H,5,18H2,1-4H3. The fraction of sp³-hybridized carbons (Fsp3) is 0.214. The van der Waals surface area contributed by atoms with Gasteiger partial charge >= 0.3 is 0 Å². The number of aryl methyl sites for hydroxylation is 3. The van der Waals surface area contributed by atoms with Gasteiger partial charge in [0.1, 0.15) is 5.70 Å². The lowest BCUT2D eigenvalue weighted by Gasteiger charge is -2.25. The molecule has 0 spiro atoms. The average Bonchev–Trinajstić information content (AvgIpc) is 3.04. The van der Waals surface area contributed by atoms with Crippen molar-refractivity contribution in [2.24, 2.45) is 0 Å². The van der Waals surface area contributed by atoms with E-state index in [2.05, 4.69) is 0 Å². The summed E-state index contributed by atoms with van der Waals surface area (Å²) in [6.07, 6.45) is 0. The Balaban J connectivity index is 1.85. The Kier molecular flexibility index (Phi) is 5.95. The number of hydrogen-bond acceptors (Lipinski definition) is 3. The normalized spacial score (nSPS) is 13.8. The van der Waals surface area contributed by atoms with E-state index in [1.54, 1.807) is 0 Å². The van der Waals surface area contributed by atoms with Crippen molar-refractivity contribution >= 4 is 23.1 Å². The Labute approximate surface area is 189 Å². The van der Waals surface area contributed by atoms with Crippen LogP contribution in [0.4, 0.5) is 5.69 Å². The molecule has 0 radical (unpaired) electrons.